The molecule has 2 amide bonds. The molecule has 0 aliphatic carbocycles. The van der Waals surface area contributed by atoms with Crippen LogP contribution < -0.4 is 0 Å². The molecular formula is C32H30FNO5. The van der Waals surface area contributed by atoms with Crippen LogP contribution in [0.15, 0.2) is 72.8 Å². The Kier molecular flexibility index (Phi) is 6.46. The molecule has 0 aromatic heterocycles. The summed E-state index contributed by atoms with van der Waals surface area (Å²) >= 11 is 0. The molecule has 39 heavy (non-hydrogen) atoms. The van der Waals surface area contributed by atoms with Gasteiger partial charge in [0.2, 0.25) is 0 Å². The van der Waals surface area contributed by atoms with E-state index in [-0.39, 0.29) is 42.3 Å². The van der Waals surface area contributed by atoms with Crippen molar-refractivity contribution in [2.75, 3.05) is 6.54 Å². The minimum atomic E-state index is -0.775. The van der Waals surface area contributed by atoms with Crippen LogP contribution in [0.5, 0.6) is 0 Å². The van der Waals surface area contributed by atoms with Crippen molar-refractivity contribution in [3.8, 4) is 11.1 Å². The van der Waals surface area contributed by atoms with Gasteiger partial charge in [0.05, 0.1) is 17.2 Å². The lowest BCUT2D eigenvalue weighted by molar-refractivity contribution is -0.205. The fourth-order valence-electron chi connectivity index (χ4n) is 5.60. The Bertz CT molecular complexity index is 1430. The molecule has 4 atom stereocenters. The Morgan fingerprint density at radius 2 is 1.59 bits per heavy atom. The molecule has 3 heterocycles. The fourth-order valence-corrected chi connectivity index (χ4v) is 5.60. The zero-order valence-corrected chi connectivity index (χ0v) is 22.1. The average molecular weight is 528 g/mol. The first-order chi connectivity index (χ1) is 18.7. The van der Waals surface area contributed by atoms with E-state index in [1.807, 2.05) is 56.3 Å². The van der Waals surface area contributed by atoms with Crippen molar-refractivity contribution in [2.24, 2.45) is 5.92 Å². The van der Waals surface area contributed by atoms with Crippen LogP contribution in [-0.4, -0.2) is 47.5 Å². The van der Waals surface area contributed by atoms with Gasteiger partial charge in [-0.15, -0.1) is 0 Å². The van der Waals surface area contributed by atoms with Gasteiger partial charge in [-0.3, -0.25) is 14.5 Å². The highest BCUT2D eigenvalue weighted by Gasteiger charge is 2.54. The summed E-state index contributed by atoms with van der Waals surface area (Å²) in [6, 6.07) is 20.0. The second-order valence-electron chi connectivity index (χ2n) is 10.8. The molecule has 3 aliphatic rings. The monoisotopic (exact) mass is 527 g/mol. The summed E-state index contributed by atoms with van der Waals surface area (Å²) in [5.74, 6) is -1.65. The third-order valence-corrected chi connectivity index (χ3v) is 7.68. The van der Waals surface area contributed by atoms with E-state index in [0.717, 1.165) is 16.7 Å². The van der Waals surface area contributed by atoms with Gasteiger partial charge >= 0.3 is 0 Å². The lowest BCUT2D eigenvalue weighted by Crippen LogP contribution is -2.36. The predicted octanol–water partition coefficient (Wildman–Crippen LogP) is 5.99. The maximum atomic E-state index is 14.0. The zero-order valence-electron chi connectivity index (χ0n) is 22.1. The van der Waals surface area contributed by atoms with Crippen LogP contribution >= 0.6 is 0 Å². The largest absolute Gasteiger partial charge is 0.342 e. The van der Waals surface area contributed by atoms with Gasteiger partial charge in [0.25, 0.3) is 11.8 Å². The number of hydrogen-bond donors (Lipinski definition) is 0. The predicted molar refractivity (Wildman–Crippen MR) is 144 cm³/mol. The normalized spacial score (nSPS) is 25.5. The number of aryl methyl sites for hydroxylation is 1. The molecule has 200 valence electrons. The van der Waals surface area contributed by atoms with Gasteiger partial charge in [-0.25, -0.2) is 4.39 Å². The average Bonchev–Trinajstić information content (AvgIpc) is 3.48. The van der Waals surface area contributed by atoms with Crippen LogP contribution in [0.25, 0.3) is 17.2 Å². The van der Waals surface area contributed by atoms with Crippen LogP contribution in [0.4, 0.5) is 4.39 Å². The number of carbonyl (C=O) groups is 2. The van der Waals surface area contributed by atoms with E-state index in [0.29, 0.717) is 23.1 Å². The molecule has 2 fully saturated rings. The summed E-state index contributed by atoms with van der Waals surface area (Å²) in [7, 11) is 0. The smallest absolute Gasteiger partial charge is 0.261 e. The summed E-state index contributed by atoms with van der Waals surface area (Å²) in [5, 5.41) is 0. The lowest BCUT2D eigenvalue weighted by Gasteiger charge is -2.25. The van der Waals surface area contributed by atoms with Crippen molar-refractivity contribution in [1.82, 2.24) is 4.90 Å². The lowest BCUT2D eigenvalue weighted by atomic mass is 9.93. The molecule has 0 bridgehead atoms. The molecule has 0 N–H and O–H groups in total. The topological polar surface area (TPSA) is 65.1 Å². The maximum Gasteiger partial charge on any atom is 0.261 e. The van der Waals surface area contributed by atoms with Crippen molar-refractivity contribution in [1.29, 1.82) is 0 Å². The van der Waals surface area contributed by atoms with E-state index in [9.17, 15) is 14.0 Å². The van der Waals surface area contributed by atoms with Crippen LogP contribution in [0.2, 0.25) is 0 Å². The summed E-state index contributed by atoms with van der Waals surface area (Å²) in [4.78, 5) is 27.1. The van der Waals surface area contributed by atoms with Gasteiger partial charge in [-0.1, -0.05) is 60.7 Å². The molecule has 2 saturated heterocycles. The van der Waals surface area contributed by atoms with Crippen molar-refractivity contribution in [3.05, 3.63) is 101 Å². The van der Waals surface area contributed by atoms with Crippen molar-refractivity contribution < 1.29 is 28.2 Å². The minimum Gasteiger partial charge on any atom is -0.342 e. The summed E-state index contributed by atoms with van der Waals surface area (Å²) in [6.45, 7) is 5.71. The number of carbonyl (C=O) groups excluding carboxylic acids is 2. The standard InChI is InChI=1S/C32H30FNO5/c1-19-8-12-22(18-26(19)33)21-13-9-20(10-14-21)11-15-27-25(28-31(37-27)39-32(2,3)38-28)16-17-34-29(35)23-6-4-5-7-24(23)30(34)36/h4-15,18,25,27-28,31H,16-17H2,1-3H3/t25-,27-,28-,31-/m1/s1. The van der Waals surface area contributed by atoms with Gasteiger partial charge in [0.15, 0.2) is 12.1 Å². The minimum absolute atomic E-state index is 0.118. The highest BCUT2D eigenvalue weighted by Crippen LogP contribution is 2.43. The first kappa shape index (κ1) is 25.6. The molecule has 6 nitrogen and oxygen atoms in total. The second-order valence-corrected chi connectivity index (χ2v) is 10.8. The van der Waals surface area contributed by atoms with Crippen LogP contribution in [0, 0.1) is 18.7 Å². The molecule has 0 saturated carbocycles. The van der Waals surface area contributed by atoms with Crippen LogP contribution in [0.1, 0.15) is 52.1 Å². The third-order valence-electron chi connectivity index (χ3n) is 7.68. The molecule has 0 radical (unpaired) electrons. The molecule has 3 aliphatic heterocycles. The van der Waals surface area contributed by atoms with Crippen LogP contribution in [0.3, 0.4) is 0 Å². The van der Waals surface area contributed by atoms with E-state index < -0.39 is 12.1 Å². The second kappa shape index (κ2) is 9.83. The van der Waals surface area contributed by atoms with E-state index in [1.54, 1.807) is 43.3 Å². The molecule has 3 aromatic rings. The first-order valence-corrected chi connectivity index (χ1v) is 13.2. The van der Waals surface area contributed by atoms with Crippen molar-refractivity contribution in [2.45, 2.75) is 51.5 Å². The Balaban J connectivity index is 1.18. The number of amides is 2. The molecular weight excluding hydrogens is 497 g/mol. The number of nitrogens with zero attached hydrogens (tertiary/aromatic N) is 1. The van der Waals surface area contributed by atoms with E-state index in [2.05, 4.69) is 0 Å². The van der Waals surface area contributed by atoms with Gasteiger partial charge < -0.3 is 14.2 Å². The third kappa shape index (κ3) is 4.82. The number of rotatable bonds is 6. The molecule has 3 aromatic carbocycles. The molecule has 0 unspecified atom stereocenters. The van der Waals surface area contributed by atoms with Crippen molar-refractivity contribution in [3.63, 3.8) is 0 Å². The number of halogens is 1. The number of hydrogen-bond acceptors (Lipinski definition) is 5. The van der Waals surface area contributed by atoms with E-state index in [4.69, 9.17) is 14.2 Å². The summed E-state index contributed by atoms with van der Waals surface area (Å²) < 4.78 is 32.4. The van der Waals surface area contributed by atoms with Gasteiger partial charge in [0, 0.05) is 12.5 Å². The van der Waals surface area contributed by atoms with E-state index in [1.165, 1.54) is 4.90 Å². The highest BCUT2D eigenvalue weighted by molar-refractivity contribution is 6.21. The number of imide groups is 1. The Morgan fingerprint density at radius 3 is 2.26 bits per heavy atom. The Morgan fingerprint density at radius 1 is 0.923 bits per heavy atom. The molecule has 7 heteroatoms. The van der Waals surface area contributed by atoms with Gasteiger partial charge in [-0.05, 0) is 67.6 Å². The van der Waals surface area contributed by atoms with Crippen molar-refractivity contribution >= 4 is 17.9 Å². The maximum absolute atomic E-state index is 14.0. The zero-order chi connectivity index (χ0) is 27.3. The highest BCUT2D eigenvalue weighted by atomic mass is 19.1. The fraction of sp³-hybridized carbons (Fsp3) is 0.312. The first-order valence-electron chi connectivity index (χ1n) is 13.2. The number of fused-ring (bicyclic) bond motifs is 2. The Labute approximate surface area is 227 Å². The van der Waals surface area contributed by atoms with Gasteiger partial charge in [0.1, 0.15) is 11.9 Å². The summed E-state index contributed by atoms with van der Waals surface area (Å²) in [6.07, 6.45) is 3.30. The van der Waals surface area contributed by atoms with Gasteiger partial charge in [-0.2, -0.15) is 0 Å². The van der Waals surface area contributed by atoms with E-state index >= 15 is 0 Å². The quantitative estimate of drug-likeness (QED) is 0.368. The SMILES string of the molecule is Cc1ccc(-c2ccc(C=C[C@H]3O[C@@H]4OC(C)(C)O[C@@H]4[C@@H]3CCN3C(=O)c4ccccc4C3=O)cc2)cc1F. The van der Waals surface area contributed by atoms with Crippen LogP contribution in [-0.2, 0) is 14.2 Å². The molecule has 0 spiro atoms. The summed E-state index contributed by atoms with van der Waals surface area (Å²) in [5.41, 5.74) is 4.23. The number of ether oxygens (including phenoxy) is 3. The molecule has 6 rings (SSSR count). The number of benzene rings is 3. The Hall–Kier alpha value is -3.65.